The summed E-state index contributed by atoms with van der Waals surface area (Å²) in [5.74, 6) is 1.68. The van der Waals surface area contributed by atoms with Crippen molar-refractivity contribution in [1.82, 2.24) is 24.6 Å². The Hall–Kier alpha value is -1.14. The molecule has 21 heavy (non-hydrogen) atoms. The normalized spacial score (nSPS) is 11.6. The first-order valence-corrected chi connectivity index (χ1v) is 8.09. The molecule has 2 aromatic heterocycles. The summed E-state index contributed by atoms with van der Waals surface area (Å²) in [5, 5.41) is 7.94. The van der Waals surface area contributed by atoms with Crippen molar-refractivity contribution >= 4 is 15.9 Å². The predicted octanol–water partition coefficient (Wildman–Crippen LogP) is 2.79. The Kier molecular flexibility index (Phi) is 5.22. The van der Waals surface area contributed by atoms with Gasteiger partial charge in [0.1, 0.15) is 5.82 Å². The van der Waals surface area contributed by atoms with Crippen LogP contribution in [0, 0.1) is 19.8 Å². The van der Waals surface area contributed by atoms with E-state index in [1.807, 2.05) is 31.8 Å². The molecule has 1 N–H and O–H groups in total. The van der Waals surface area contributed by atoms with Gasteiger partial charge in [0.15, 0.2) is 0 Å². The van der Waals surface area contributed by atoms with Gasteiger partial charge in [0.2, 0.25) is 0 Å². The van der Waals surface area contributed by atoms with E-state index >= 15 is 0 Å². The Balaban J connectivity index is 2.18. The van der Waals surface area contributed by atoms with Crippen molar-refractivity contribution in [2.75, 3.05) is 6.54 Å². The fourth-order valence-corrected chi connectivity index (χ4v) is 2.82. The quantitative estimate of drug-likeness (QED) is 0.868. The Labute approximate surface area is 134 Å². The van der Waals surface area contributed by atoms with Crippen molar-refractivity contribution in [3.8, 4) is 0 Å². The molecule has 0 amide bonds. The van der Waals surface area contributed by atoms with Crippen LogP contribution >= 0.6 is 15.9 Å². The minimum absolute atomic E-state index is 0.649. The van der Waals surface area contributed by atoms with E-state index in [2.05, 4.69) is 49.7 Å². The first kappa shape index (κ1) is 16.2. The fourth-order valence-electron chi connectivity index (χ4n) is 2.36. The summed E-state index contributed by atoms with van der Waals surface area (Å²) >= 11 is 3.63. The highest BCUT2D eigenvalue weighted by atomic mass is 79.9. The van der Waals surface area contributed by atoms with Crippen molar-refractivity contribution in [3.63, 3.8) is 0 Å². The maximum atomic E-state index is 4.46. The molecule has 0 fully saturated rings. The molecule has 0 aliphatic carbocycles. The van der Waals surface area contributed by atoms with Gasteiger partial charge in [0.25, 0.3) is 0 Å². The SMILES string of the molecule is Cc1nn(C)c(Cn2c(CNCC(C)C)cnc2C)c1Br. The number of rotatable bonds is 6. The lowest BCUT2D eigenvalue weighted by atomic mass is 10.2. The number of aryl methyl sites for hydroxylation is 3. The molecule has 2 rings (SSSR count). The number of nitrogens with one attached hydrogen (secondary N) is 1. The highest BCUT2D eigenvalue weighted by Gasteiger charge is 2.14. The van der Waals surface area contributed by atoms with Gasteiger partial charge in [-0.1, -0.05) is 13.8 Å². The average molecular weight is 354 g/mol. The average Bonchev–Trinajstić information content (AvgIpc) is 2.86. The summed E-state index contributed by atoms with van der Waals surface area (Å²) in [5.41, 5.74) is 3.39. The number of nitrogens with zero attached hydrogens (tertiary/aromatic N) is 4. The molecule has 6 heteroatoms. The molecule has 0 saturated heterocycles. The van der Waals surface area contributed by atoms with Crippen LogP contribution in [-0.4, -0.2) is 25.9 Å². The lowest BCUT2D eigenvalue weighted by Crippen LogP contribution is -2.21. The monoisotopic (exact) mass is 353 g/mol. The number of hydrogen-bond donors (Lipinski definition) is 1. The molecule has 2 heterocycles. The third-order valence-corrected chi connectivity index (χ3v) is 4.60. The number of aromatic nitrogens is 4. The van der Waals surface area contributed by atoms with E-state index in [1.54, 1.807) is 0 Å². The molecule has 0 aromatic carbocycles. The van der Waals surface area contributed by atoms with Gasteiger partial charge in [-0.05, 0) is 42.2 Å². The highest BCUT2D eigenvalue weighted by Crippen LogP contribution is 2.22. The summed E-state index contributed by atoms with van der Waals surface area (Å²) < 4.78 is 5.26. The molecular formula is C15H24BrN5. The minimum Gasteiger partial charge on any atom is -0.325 e. The van der Waals surface area contributed by atoms with Crippen LogP contribution in [0.25, 0.3) is 0 Å². The number of imidazole rings is 1. The van der Waals surface area contributed by atoms with Crippen LogP contribution in [0.3, 0.4) is 0 Å². The Morgan fingerprint density at radius 2 is 2.05 bits per heavy atom. The zero-order chi connectivity index (χ0) is 15.6. The van der Waals surface area contributed by atoms with Crippen molar-refractivity contribution in [2.24, 2.45) is 13.0 Å². The largest absolute Gasteiger partial charge is 0.325 e. The van der Waals surface area contributed by atoms with Gasteiger partial charge >= 0.3 is 0 Å². The van der Waals surface area contributed by atoms with Gasteiger partial charge in [-0.15, -0.1) is 0 Å². The van der Waals surface area contributed by atoms with E-state index < -0.39 is 0 Å². The van der Waals surface area contributed by atoms with E-state index in [9.17, 15) is 0 Å². The maximum Gasteiger partial charge on any atom is 0.106 e. The van der Waals surface area contributed by atoms with Gasteiger partial charge in [-0.2, -0.15) is 5.10 Å². The Bertz CT molecular complexity index is 612. The summed E-state index contributed by atoms with van der Waals surface area (Å²) in [6.45, 7) is 11.1. The van der Waals surface area contributed by atoms with Crippen LogP contribution in [0.4, 0.5) is 0 Å². The first-order chi connectivity index (χ1) is 9.90. The fraction of sp³-hybridized carbons (Fsp3) is 0.600. The third-order valence-electron chi connectivity index (χ3n) is 3.57. The third kappa shape index (κ3) is 3.74. The van der Waals surface area contributed by atoms with Crippen LogP contribution < -0.4 is 5.32 Å². The lowest BCUT2D eigenvalue weighted by Gasteiger charge is -2.13. The number of hydrogen-bond acceptors (Lipinski definition) is 3. The summed E-state index contributed by atoms with van der Waals surface area (Å²) in [6, 6.07) is 0. The molecular weight excluding hydrogens is 330 g/mol. The van der Waals surface area contributed by atoms with Gasteiger partial charge in [0.05, 0.1) is 28.1 Å². The van der Waals surface area contributed by atoms with Crippen LogP contribution in [-0.2, 0) is 20.1 Å². The van der Waals surface area contributed by atoms with E-state index in [1.165, 1.54) is 11.4 Å². The second kappa shape index (κ2) is 6.75. The van der Waals surface area contributed by atoms with Crippen LogP contribution in [0.5, 0.6) is 0 Å². The summed E-state index contributed by atoms with van der Waals surface area (Å²) in [7, 11) is 1.98. The molecule has 2 aromatic rings. The van der Waals surface area contributed by atoms with Crippen molar-refractivity contribution < 1.29 is 0 Å². The molecule has 0 aliphatic rings. The summed E-state index contributed by atoms with van der Waals surface area (Å²) in [4.78, 5) is 4.45. The molecule has 5 nitrogen and oxygen atoms in total. The summed E-state index contributed by atoms with van der Waals surface area (Å²) in [6.07, 6.45) is 1.96. The minimum atomic E-state index is 0.649. The number of halogens is 1. The second-order valence-corrected chi connectivity index (χ2v) is 6.67. The Morgan fingerprint density at radius 3 is 2.62 bits per heavy atom. The van der Waals surface area contributed by atoms with E-state index in [4.69, 9.17) is 0 Å². The zero-order valence-corrected chi connectivity index (χ0v) is 15.0. The second-order valence-electron chi connectivity index (χ2n) is 5.88. The Morgan fingerprint density at radius 1 is 1.33 bits per heavy atom. The van der Waals surface area contributed by atoms with Crippen molar-refractivity contribution in [1.29, 1.82) is 0 Å². The van der Waals surface area contributed by atoms with Gasteiger partial charge < -0.3 is 9.88 Å². The first-order valence-electron chi connectivity index (χ1n) is 7.29. The molecule has 0 atom stereocenters. The van der Waals surface area contributed by atoms with Gasteiger partial charge in [-0.25, -0.2) is 4.98 Å². The van der Waals surface area contributed by atoms with Gasteiger partial charge in [-0.3, -0.25) is 4.68 Å². The molecule has 116 valence electrons. The topological polar surface area (TPSA) is 47.7 Å². The maximum absolute atomic E-state index is 4.46. The predicted molar refractivity (Wildman–Crippen MR) is 88.3 cm³/mol. The zero-order valence-electron chi connectivity index (χ0n) is 13.4. The lowest BCUT2D eigenvalue weighted by molar-refractivity contribution is 0.534. The van der Waals surface area contributed by atoms with Crippen LogP contribution in [0.1, 0.15) is 36.8 Å². The van der Waals surface area contributed by atoms with Crippen LogP contribution in [0.15, 0.2) is 10.7 Å². The van der Waals surface area contributed by atoms with Crippen LogP contribution in [0.2, 0.25) is 0 Å². The van der Waals surface area contributed by atoms with Gasteiger partial charge in [0, 0.05) is 19.8 Å². The smallest absolute Gasteiger partial charge is 0.106 e. The van der Waals surface area contributed by atoms with Crippen molar-refractivity contribution in [2.45, 2.75) is 40.8 Å². The molecule has 0 aliphatic heterocycles. The molecule has 0 saturated carbocycles. The molecule has 0 radical (unpaired) electrons. The highest BCUT2D eigenvalue weighted by molar-refractivity contribution is 9.10. The van der Waals surface area contributed by atoms with E-state index in [0.717, 1.165) is 35.6 Å². The standard InChI is InChI=1S/C15H24BrN5/c1-10(2)6-17-7-13-8-18-12(4)21(13)9-14-15(16)11(3)19-20(14)5/h8,10,17H,6-7,9H2,1-5H3. The van der Waals surface area contributed by atoms with E-state index in [-0.39, 0.29) is 0 Å². The molecule has 0 spiro atoms. The molecule has 0 bridgehead atoms. The van der Waals surface area contributed by atoms with Crippen molar-refractivity contribution in [3.05, 3.63) is 33.6 Å². The molecule has 0 unspecified atom stereocenters. The van der Waals surface area contributed by atoms with E-state index in [0.29, 0.717) is 5.92 Å².